The second kappa shape index (κ2) is 12.3. The third-order valence-electron chi connectivity index (χ3n) is 10.9. The molecule has 5 atom stereocenters. The van der Waals surface area contributed by atoms with E-state index < -0.39 is 41.8 Å². The normalized spacial score (nSPS) is 29.4. The first-order chi connectivity index (χ1) is 19.6. The molecule has 0 bridgehead atoms. The number of amides is 4. The second-order valence-corrected chi connectivity index (χ2v) is 13.9. The zero-order valence-electron chi connectivity index (χ0n) is 24.7. The van der Waals surface area contributed by atoms with Gasteiger partial charge in [0.05, 0.1) is 6.04 Å². The predicted molar refractivity (Wildman–Crippen MR) is 151 cm³/mol. The van der Waals surface area contributed by atoms with Gasteiger partial charge < -0.3 is 26.0 Å². The number of primary amides is 1. The van der Waals surface area contributed by atoms with E-state index in [0.29, 0.717) is 13.0 Å². The van der Waals surface area contributed by atoms with Gasteiger partial charge in [-0.3, -0.25) is 19.2 Å². The number of nitrogens with two attached hydrogens (primary N) is 1. The van der Waals surface area contributed by atoms with Gasteiger partial charge in [0.2, 0.25) is 17.6 Å². The first-order valence-corrected chi connectivity index (χ1v) is 16.0. The summed E-state index contributed by atoms with van der Waals surface area (Å²) in [6, 6.07) is -2.52. The number of carbonyl (C=O) groups is 5. The van der Waals surface area contributed by atoms with Gasteiger partial charge in [-0.1, -0.05) is 58.8 Å². The molecular weight excluding hydrogens is 524 g/mol. The minimum atomic E-state index is -1.06. The molecule has 0 aromatic carbocycles. The third-order valence-corrected chi connectivity index (χ3v) is 10.9. The average Bonchev–Trinajstić information content (AvgIpc) is 3.25. The van der Waals surface area contributed by atoms with Gasteiger partial charge in [0.1, 0.15) is 18.2 Å². The summed E-state index contributed by atoms with van der Waals surface area (Å²) < 4.78 is 5.74. The molecule has 4 amide bonds. The summed E-state index contributed by atoms with van der Waals surface area (Å²) >= 11 is 0. The van der Waals surface area contributed by atoms with Crippen molar-refractivity contribution in [2.45, 2.75) is 128 Å². The van der Waals surface area contributed by atoms with Crippen LogP contribution in [0.4, 0.5) is 4.79 Å². The van der Waals surface area contributed by atoms with E-state index in [1.165, 1.54) is 0 Å². The fourth-order valence-electron chi connectivity index (χ4n) is 8.06. The van der Waals surface area contributed by atoms with Crippen LogP contribution < -0.4 is 16.4 Å². The topological polar surface area (TPSA) is 148 Å². The van der Waals surface area contributed by atoms with Crippen LogP contribution in [0, 0.1) is 29.1 Å². The molecule has 10 nitrogen and oxygen atoms in total. The van der Waals surface area contributed by atoms with Crippen LogP contribution in [0.2, 0.25) is 0 Å². The van der Waals surface area contributed by atoms with Crippen LogP contribution in [0.1, 0.15) is 104 Å². The molecule has 41 heavy (non-hydrogen) atoms. The van der Waals surface area contributed by atoms with Gasteiger partial charge in [0, 0.05) is 6.54 Å². The number of carbonyl (C=O) groups excluding carboxylic acids is 5. The van der Waals surface area contributed by atoms with E-state index in [1.807, 2.05) is 0 Å². The van der Waals surface area contributed by atoms with Crippen LogP contribution in [0.3, 0.4) is 0 Å². The maximum atomic E-state index is 14.3. The van der Waals surface area contributed by atoms with Gasteiger partial charge in [-0.2, -0.15) is 0 Å². The summed E-state index contributed by atoms with van der Waals surface area (Å²) in [5.74, 6) is -2.17. The lowest BCUT2D eigenvalue weighted by Gasteiger charge is -2.37. The van der Waals surface area contributed by atoms with Crippen LogP contribution in [-0.2, 0) is 23.9 Å². The van der Waals surface area contributed by atoms with Crippen molar-refractivity contribution < 1.29 is 28.7 Å². The lowest BCUT2D eigenvalue weighted by Crippen LogP contribution is -2.59. The number of ketones is 1. The number of nitrogens with zero attached hydrogens (tertiary/aromatic N) is 1. The Morgan fingerprint density at radius 1 is 0.878 bits per heavy atom. The van der Waals surface area contributed by atoms with Crippen LogP contribution in [0.5, 0.6) is 0 Å². The molecule has 0 aromatic rings. The minimum Gasteiger partial charge on any atom is -0.446 e. The van der Waals surface area contributed by atoms with E-state index in [-0.39, 0.29) is 41.1 Å². The van der Waals surface area contributed by atoms with Crippen molar-refractivity contribution in [2.24, 2.45) is 34.8 Å². The summed E-state index contributed by atoms with van der Waals surface area (Å²) in [6.07, 6.45) is 12.3. The Balaban J connectivity index is 1.33. The number of fused-ring (bicyclic) bond motifs is 1. The van der Waals surface area contributed by atoms with Crippen molar-refractivity contribution in [3.63, 3.8) is 0 Å². The quantitative estimate of drug-likeness (QED) is 0.343. The number of piperidine rings is 1. The van der Waals surface area contributed by atoms with E-state index >= 15 is 0 Å². The zero-order valence-corrected chi connectivity index (χ0v) is 24.7. The lowest BCUT2D eigenvalue weighted by molar-refractivity contribution is -0.144. The molecule has 5 aliphatic rings. The van der Waals surface area contributed by atoms with Gasteiger partial charge in [-0.05, 0) is 74.0 Å². The van der Waals surface area contributed by atoms with E-state index in [2.05, 4.69) is 24.5 Å². The van der Waals surface area contributed by atoms with E-state index in [4.69, 9.17) is 10.5 Å². The highest BCUT2D eigenvalue weighted by molar-refractivity contribution is 6.37. The molecule has 228 valence electrons. The fourth-order valence-corrected chi connectivity index (χ4v) is 8.06. The van der Waals surface area contributed by atoms with Gasteiger partial charge in [0.15, 0.2) is 0 Å². The molecule has 5 rings (SSSR count). The first kappa shape index (κ1) is 29.8. The number of hydrogen-bond donors (Lipinski definition) is 3. The Hall–Kier alpha value is -2.65. The predicted octanol–water partition coefficient (Wildman–Crippen LogP) is 3.21. The maximum absolute atomic E-state index is 14.3. The Bertz CT molecular complexity index is 1030. The monoisotopic (exact) mass is 572 g/mol. The number of ether oxygens (including phenoxy) is 1. The molecule has 5 fully saturated rings. The molecule has 1 saturated heterocycles. The molecule has 10 heteroatoms. The van der Waals surface area contributed by atoms with Crippen LogP contribution >= 0.6 is 0 Å². The van der Waals surface area contributed by atoms with Crippen LogP contribution in [0.15, 0.2) is 0 Å². The molecule has 0 aromatic heterocycles. The summed E-state index contributed by atoms with van der Waals surface area (Å²) in [7, 11) is 0. The highest BCUT2D eigenvalue weighted by atomic mass is 16.6. The minimum absolute atomic E-state index is 0.0217. The lowest BCUT2D eigenvalue weighted by atomic mass is 9.80. The molecule has 0 spiro atoms. The van der Waals surface area contributed by atoms with Crippen molar-refractivity contribution in [3.05, 3.63) is 0 Å². The third kappa shape index (κ3) is 6.41. The van der Waals surface area contributed by atoms with E-state index in [1.54, 1.807) is 4.90 Å². The number of likely N-dealkylation sites (tertiary alicyclic amines) is 1. The summed E-state index contributed by atoms with van der Waals surface area (Å²) in [5, 5.41) is 5.77. The van der Waals surface area contributed by atoms with Gasteiger partial charge in [-0.15, -0.1) is 0 Å². The Morgan fingerprint density at radius 2 is 1.51 bits per heavy atom. The number of Topliss-reactive ketones (excluding diaryl/α,β-unsaturated/α-hetero) is 1. The number of hydrogen-bond acceptors (Lipinski definition) is 6. The summed E-state index contributed by atoms with van der Waals surface area (Å²) in [4.78, 5) is 67.3. The summed E-state index contributed by atoms with van der Waals surface area (Å²) in [6.45, 7) is 4.63. The van der Waals surface area contributed by atoms with Crippen molar-refractivity contribution in [1.29, 1.82) is 0 Å². The Morgan fingerprint density at radius 3 is 2.10 bits per heavy atom. The number of nitrogens with one attached hydrogen (secondary N) is 2. The molecule has 1 heterocycles. The van der Waals surface area contributed by atoms with Crippen molar-refractivity contribution in [2.75, 3.05) is 6.54 Å². The second-order valence-electron chi connectivity index (χ2n) is 13.9. The van der Waals surface area contributed by atoms with E-state index in [0.717, 1.165) is 83.5 Å². The van der Waals surface area contributed by atoms with E-state index in [9.17, 15) is 24.0 Å². The number of rotatable bonds is 10. The largest absolute Gasteiger partial charge is 0.446 e. The Labute approximate surface area is 243 Å². The highest BCUT2D eigenvalue weighted by Crippen LogP contribution is 2.65. The van der Waals surface area contributed by atoms with Crippen molar-refractivity contribution >= 4 is 29.6 Å². The Kier molecular flexibility index (Phi) is 8.95. The van der Waals surface area contributed by atoms with Gasteiger partial charge >= 0.3 is 6.09 Å². The zero-order chi connectivity index (χ0) is 29.3. The summed E-state index contributed by atoms with van der Waals surface area (Å²) in [5.41, 5.74) is 5.21. The molecule has 4 saturated carbocycles. The molecule has 5 unspecified atom stereocenters. The number of alkyl carbamates (subject to hydrolysis) is 1. The molecule has 0 radical (unpaired) electrons. The smallest absolute Gasteiger partial charge is 0.408 e. The average molecular weight is 573 g/mol. The molecule has 4 N–H and O–H groups in total. The van der Waals surface area contributed by atoms with Crippen LogP contribution in [-0.4, -0.2) is 65.3 Å². The molecule has 4 aliphatic carbocycles. The highest BCUT2D eigenvalue weighted by Gasteiger charge is 2.69. The fraction of sp³-hybridized carbons (Fsp3) is 0.839. The van der Waals surface area contributed by atoms with Crippen LogP contribution in [0.25, 0.3) is 0 Å². The maximum Gasteiger partial charge on any atom is 0.408 e. The molecule has 1 aliphatic heterocycles. The SMILES string of the molecule is CC1(C)C2CN(C(=O)C(NC(=O)OC3CCCCC3)C3CCCCC3)C(C(=O)NC(CC3CCC3)C(=O)C(N)=O)C21. The first-order valence-electron chi connectivity index (χ1n) is 16.0. The van der Waals surface area contributed by atoms with Gasteiger partial charge in [-0.25, -0.2) is 4.79 Å². The van der Waals surface area contributed by atoms with Gasteiger partial charge in [0.25, 0.3) is 5.91 Å². The van der Waals surface area contributed by atoms with Crippen molar-refractivity contribution in [1.82, 2.24) is 15.5 Å². The standard InChI is InChI=1S/C31H48N4O6/c1-31(2)21-17-35(25(23(21)31)28(38)33-22(26(36)27(32)37)16-18-10-9-11-18)29(39)24(19-12-5-3-6-13-19)34-30(40)41-20-14-7-4-8-15-20/h18-25H,3-17H2,1-2H3,(H2,32,37)(H,33,38)(H,34,40). The van der Waals surface area contributed by atoms with Crippen molar-refractivity contribution in [3.8, 4) is 0 Å². The molecular formula is C31H48N4O6.